The standard InChI is InChI=1S/C9H12ClNO3S/c1-11(15(12,13)7-10)8-5-3-4-6-9(8)14-2/h3-6H,7H2,1-2H3. The Hall–Kier alpha value is -0.940. The van der Waals surface area contributed by atoms with E-state index in [1.54, 1.807) is 24.3 Å². The summed E-state index contributed by atoms with van der Waals surface area (Å²) in [7, 11) is -0.539. The van der Waals surface area contributed by atoms with E-state index in [-0.39, 0.29) is 0 Å². The second-order valence-electron chi connectivity index (χ2n) is 2.86. The molecular weight excluding hydrogens is 238 g/mol. The number of alkyl halides is 1. The van der Waals surface area contributed by atoms with Gasteiger partial charge in [0.25, 0.3) is 0 Å². The number of hydrogen-bond donors (Lipinski definition) is 0. The van der Waals surface area contributed by atoms with Crippen LogP contribution in [0.25, 0.3) is 0 Å². The van der Waals surface area contributed by atoms with Crippen LogP contribution in [0.1, 0.15) is 0 Å². The van der Waals surface area contributed by atoms with Crippen LogP contribution < -0.4 is 9.04 Å². The molecule has 4 nitrogen and oxygen atoms in total. The van der Waals surface area contributed by atoms with E-state index in [4.69, 9.17) is 16.3 Å². The van der Waals surface area contributed by atoms with Crippen LogP contribution in [0.2, 0.25) is 0 Å². The molecule has 0 amide bonds. The molecule has 15 heavy (non-hydrogen) atoms. The fourth-order valence-corrected chi connectivity index (χ4v) is 2.15. The molecule has 0 heterocycles. The van der Waals surface area contributed by atoms with Crippen molar-refractivity contribution < 1.29 is 13.2 Å². The first-order chi connectivity index (χ1) is 7.03. The highest BCUT2D eigenvalue weighted by atomic mass is 35.5. The molecule has 0 spiro atoms. The SMILES string of the molecule is COc1ccccc1N(C)S(=O)(=O)CCl. The summed E-state index contributed by atoms with van der Waals surface area (Å²) in [5.41, 5.74) is 0.473. The summed E-state index contributed by atoms with van der Waals surface area (Å²) in [6, 6.07) is 6.85. The highest BCUT2D eigenvalue weighted by Gasteiger charge is 2.19. The minimum atomic E-state index is -3.47. The minimum Gasteiger partial charge on any atom is -0.495 e. The molecule has 84 valence electrons. The molecule has 0 saturated heterocycles. The van der Waals surface area contributed by atoms with Crippen LogP contribution in [0.5, 0.6) is 5.75 Å². The van der Waals surface area contributed by atoms with E-state index < -0.39 is 15.2 Å². The van der Waals surface area contributed by atoms with Crippen LogP contribution in [0.15, 0.2) is 24.3 Å². The molecule has 0 aromatic heterocycles. The van der Waals surface area contributed by atoms with Gasteiger partial charge in [0.2, 0.25) is 10.0 Å². The lowest BCUT2D eigenvalue weighted by atomic mass is 10.3. The third kappa shape index (κ3) is 2.54. The molecule has 0 N–H and O–H groups in total. The Balaban J connectivity index is 3.17. The summed E-state index contributed by atoms with van der Waals surface area (Å²) < 4.78 is 29.2. The molecule has 0 radical (unpaired) electrons. The van der Waals surface area contributed by atoms with Crippen LogP contribution in [0, 0.1) is 0 Å². The van der Waals surface area contributed by atoms with Crippen molar-refractivity contribution in [3.8, 4) is 5.75 Å². The first kappa shape index (κ1) is 12.1. The van der Waals surface area contributed by atoms with Crippen LogP contribution in [0.4, 0.5) is 5.69 Å². The Bertz CT molecular complexity index is 433. The lowest BCUT2D eigenvalue weighted by molar-refractivity contribution is 0.416. The average molecular weight is 250 g/mol. The van der Waals surface area contributed by atoms with Gasteiger partial charge in [-0.05, 0) is 12.1 Å². The van der Waals surface area contributed by atoms with Crippen LogP contribution in [-0.2, 0) is 10.0 Å². The van der Waals surface area contributed by atoms with Crippen molar-refractivity contribution in [1.29, 1.82) is 0 Å². The zero-order valence-electron chi connectivity index (χ0n) is 8.47. The topological polar surface area (TPSA) is 46.6 Å². The van der Waals surface area contributed by atoms with Gasteiger partial charge < -0.3 is 4.74 Å². The van der Waals surface area contributed by atoms with Gasteiger partial charge >= 0.3 is 0 Å². The Morgan fingerprint density at radius 3 is 2.53 bits per heavy atom. The van der Waals surface area contributed by atoms with Crippen LogP contribution in [-0.4, -0.2) is 27.8 Å². The number of anilines is 1. The number of methoxy groups -OCH3 is 1. The second-order valence-corrected chi connectivity index (χ2v) is 5.44. The lowest BCUT2D eigenvalue weighted by Gasteiger charge is -2.19. The van der Waals surface area contributed by atoms with Gasteiger partial charge in [-0.3, -0.25) is 4.31 Å². The van der Waals surface area contributed by atoms with E-state index in [2.05, 4.69) is 0 Å². The van der Waals surface area contributed by atoms with Crippen molar-refractivity contribution in [2.75, 3.05) is 23.7 Å². The first-order valence-corrected chi connectivity index (χ1v) is 6.33. The summed E-state index contributed by atoms with van der Waals surface area (Å²) in [5.74, 6) is 0.494. The third-order valence-electron chi connectivity index (χ3n) is 1.98. The zero-order chi connectivity index (χ0) is 11.5. The summed E-state index contributed by atoms with van der Waals surface area (Å²) in [4.78, 5) is 0. The Morgan fingerprint density at radius 2 is 2.00 bits per heavy atom. The highest BCUT2D eigenvalue weighted by Crippen LogP contribution is 2.28. The van der Waals surface area contributed by atoms with Crippen molar-refractivity contribution in [2.45, 2.75) is 0 Å². The monoisotopic (exact) mass is 249 g/mol. The lowest BCUT2D eigenvalue weighted by Crippen LogP contribution is -2.27. The predicted molar refractivity (Wildman–Crippen MR) is 61.0 cm³/mol. The number of rotatable bonds is 4. The van der Waals surface area contributed by atoms with E-state index >= 15 is 0 Å². The molecule has 0 aliphatic heterocycles. The number of nitrogens with zero attached hydrogens (tertiary/aromatic N) is 1. The van der Waals surface area contributed by atoms with E-state index in [9.17, 15) is 8.42 Å². The van der Waals surface area contributed by atoms with Crippen molar-refractivity contribution in [3.63, 3.8) is 0 Å². The number of sulfonamides is 1. The van der Waals surface area contributed by atoms with Crippen molar-refractivity contribution in [1.82, 2.24) is 0 Å². The maximum absolute atomic E-state index is 11.5. The Labute approximate surface area is 94.5 Å². The maximum Gasteiger partial charge on any atom is 0.249 e. The molecule has 0 saturated carbocycles. The maximum atomic E-state index is 11.5. The first-order valence-electron chi connectivity index (χ1n) is 4.18. The van der Waals surface area contributed by atoms with E-state index in [0.29, 0.717) is 11.4 Å². The summed E-state index contributed by atoms with van der Waals surface area (Å²) in [6.07, 6.45) is 0. The molecule has 1 aromatic carbocycles. The number of hydrogen-bond acceptors (Lipinski definition) is 3. The van der Waals surface area contributed by atoms with Crippen molar-refractivity contribution in [3.05, 3.63) is 24.3 Å². The third-order valence-corrected chi connectivity index (χ3v) is 4.11. The quantitative estimate of drug-likeness (QED) is 0.763. The predicted octanol–water partition coefficient (Wildman–Crippen LogP) is 1.66. The fraction of sp³-hybridized carbons (Fsp3) is 0.333. The zero-order valence-corrected chi connectivity index (χ0v) is 10.0. The van der Waals surface area contributed by atoms with Crippen molar-refractivity contribution in [2.24, 2.45) is 0 Å². The molecule has 0 aliphatic rings. The minimum absolute atomic E-state index is 0.457. The van der Waals surface area contributed by atoms with Gasteiger partial charge in [0.1, 0.15) is 11.0 Å². The normalized spacial score (nSPS) is 11.1. The van der Waals surface area contributed by atoms with E-state index in [0.717, 1.165) is 4.31 Å². The number of ether oxygens (including phenoxy) is 1. The molecule has 0 fully saturated rings. The van der Waals surface area contributed by atoms with Gasteiger partial charge in [0.05, 0.1) is 12.8 Å². The number of benzene rings is 1. The molecule has 0 aliphatic carbocycles. The fourth-order valence-electron chi connectivity index (χ4n) is 1.11. The van der Waals surface area contributed by atoms with Gasteiger partial charge in [-0.2, -0.15) is 0 Å². The Kier molecular flexibility index (Phi) is 3.82. The summed E-state index contributed by atoms with van der Waals surface area (Å²) >= 11 is 5.36. The van der Waals surface area contributed by atoms with Gasteiger partial charge in [-0.15, -0.1) is 11.6 Å². The molecular formula is C9H12ClNO3S. The number of halogens is 1. The number of para-hydroxylation sites is 2. The smallest absolute Gasteiger partial charge is 0.249 e. The van der Waals surface area contributed by atoms with Gasteiger partial charge in [0.15, 0.2) is 0 Å². The van der Waals surface area contributed by atoms with Gasteiger partial charge in [-0.25, -0.2) is 8.42 Å². The van der Waals surface area contributed by atoms with Gasteiger partial charge in [0, 0.05) is 7.05 Å². The molecule has 1 aromatic rings. The summed E-state index contributed by atoms with van der Waals surface area (Å²) in [5, 5.41) is -0.457. The largest absolute Gasteiger partial charge is 0.495 e. The van der Waals surface area contributed by atoms with E-state index in [1.807, 2.05) is 0 Å². The molecule has 1 rings (SSSR count). The average Bonchev–Trinajstić information content (AvgIpc) is 2.28. The van der Waals surface area contributed by atoms with Crippen LogP contribution in [0.3, 0.4) is 0 Å². The van der Waals surface area contributed by atoms with E-state index in [1.165, 1.54) is 14.2 Å². The molecule has 0 unspecified atom stereocenters. The van der Waals surface area contributed by atoms with Gasteiger partial charge in [-0.1, -0.05) is 12.1 Å². The molecule has 0 bridgehead atoms. The second kappa shape index (κ2) is 4.72. The summed E-state index contributed by atoms with van der Waals surface area (Å²) in [6.45, 7) is 0. The van der Waals surface area contributed by atoms with Crippen LogP contribution >= 0.6 is 11.6 Å². The highest BCUT2D eigenvalue weighted by molar-refractivity contribution is 7.93. The molecule has 6 heteroatoms. The molecule has 0 atom stereocenters. The van der Waals surface area contributed by atoms with Crippen molar-refractivity contribution >= 4 is 27.3 Å². The Morgan fingerprint density at radius 1 is 1.40 bits per heavy atom.